The lowest BCUT2D eigenvalue weighted by Crippen LogP contribution is -2.52. The van der Waals surface area contributed by atoms with Crippen molar-refractivity contribution >= 4 is 40.3 Å². The molecule has 218 valence electrons. The summed E-state index contributed by atoms with van der Waals surface area (Å²) in [7, 11) is 0. The number of benzene rings is 3. The fourth-order valence-electron chi connectivity index (χ4n) is 4.50. The molecule has 2 atom stereocenters. The summed E-state index contributed by atoms with van der Waals surface area (Å²) in [6.45, 7) is 9.19. The van der Waals surface area contributed by atoms with Crippen LogP contribution in [0.3, 0.4) is 0 Å². The van der Waals surface area contributed by atoms with Crippen molar-refractivity contribution in [2.24, 2.45) is 5.73 Å². The molecule has 4 amide bonds. The Bertz CT molecular complexity index is 1380. The second-order valence-electron chi connectivity index (χ2n) is 11.1. The molecule has 4 N–H and O–H groups in total. The zero-order chi connectivity index (χ0) is 30.2. The smallest absolute Gasteiger partial charge is 0.408 e. The average molecular weight is 561 g/mol. The van der Waals surface area contributed by atoms with Gasteiger partial charge in [0.15, 0.2) is 0 Å². The van der Waals surface area contributed by atoms with Crippen molar-refractivity contribution in [1.82, 2.24) is 10.2 Å². The quantitative estimate of drug-likeness (QED) is 0.296. The number of nitrogens with one attached hydrogen (secondary N) is 2. The summed E-state index contributed by atoms with van der Waals surface area (Å²) in [6, 6.07) is 18.7. The molecule has 0 radical (unpaired) electrons. The number of amides is 4. The van der Waals surface area contributed by atoms with Crippen molar-refractivity contribution in [3.63, 3.8) is 0 Å². The number of nitrogens with two attached hydrogens (primary N) is 1. The maximum absolute atomic E-state index is 14.1. The summed E-state index contributed by atoms with van der Waals surface area (Å²) in [5, 5.41) is 7.58. The van der Waals surface area contributed by atoms with Crippen LogP contribution in [-0.4, -0.2) is 46.9 Å². The fourth-order valence-corrected chi connectivity index (χ4v) is 4.50. The van der Waals surface area contributed by atoms with Crippen molar-refractivity contribution in [2.75, 3.05) is 11.9 Å². The number of hydrogen-bond donors (Lipinski definition) is 3. The van der Waals surface area contributed by atoms with Crippen molar-refractivity contribution < 1.29 is 23.9 Å². The standard InChI is InChI=1S/C32H40N4O5/c1-6-19-36(30(39)26(17-18-27(33)37)35-31(40)41-32(3,4)5)28(23-13-11-21(2)12-14-23)29(38)34-25-16-15-22-9-7-8-10-24(22)20-25/h7-16,20,26,28H,6,17-19H2,1-5H3,(H2,33,37)(H,34,38)(H,35,40). The van der Waals surface area contributed by atoms with Crippen LogP contribution in [0.1, 0.15) is 64.1 Å². The number of aryl methyl sites for hydroxylation is 1. The number of carbonyl (C=O) groups excluding carboxylic acids is 4. The molecule has 0 aliphatic rings. The molecule has 0 saturated heterocycles. The second-order valence-corrected chi connectivity index (χ2v) is 11.1. The molecule has 3 aromatic rings. The van der Waals surface area contributed by atoms with Gasteiger partial charge in [0.05, 0.1) is 0 Å². The Morgan fingerprint density at radius 1 is 0.951 bits per heavy atom. The number of anilines is 1. The van der Waals surface area contributed by atoms with Gasteiger partial charge in [-0.15, -0.1) is 0 Å². The number of alkyl carbamates (subject to hydrolysis) is 1. The van der Waals surface area contributed by atoms with Crippen LogP contribution in [0.2, 0.25) is 0 Å². The van der Waals surface area contributed by atoms with Crippen LogP contribution in [0.4, 0.5) is 10.5 Å². The van der Waals surface area contributed by atoms with Gasteiger partial charge in [-0.3, -0.25) is 14.4 Å². The molecule has 0 aliphatic heterocycles. The van der Waals surface area contributed by atoms with Crippen molar-refractivity contribution in [1.29, 1.82) is 0 Å². The summed E-state index contributed by atoms with van der Waals surface area (Å²) in [5.74, 6) is -1.53. The number of primary amides is 1. The number of nitrogens with zero attached hydrogens (tertiary/aromatic N) is 1. The van der Waals surface area contributed by atoms with Gasteiger partial charge in [-0.1, -0.05) is 67.1 Å². The molecule has 0 aliphatic carbocycles. The SMILES string of the molecule is CCCN(C(=O)C(CCC(N)=O)NC(=O)OC(C)(C)C)C(C(=O)Nc1ccc2ccccc2c1)c1ccc(C)cc1. The minimum absolute atomic E-state index is 0.0411. The third kappa shape index (κ3) is 9.06. The van der Waals surface area contributed by atoms with Gasteiger partial charge < -0.3 is 26.0 Å². The summed E-state index contributed by atoms with van der Waals surface area (Å²) >= 11 is 0. The topological polar surface area (TPSA) is 131 Å². The maximum Gasteiger partial charge on any atom is 0.408 e. The van der Waals surface area contributed by atoms with E-state index in [4.69, 9.17) is 10.5 Å². The highest BCUT2D eigenvalue weighted by Crippen LogP contribution is 2.27. The molecule has 0 fully saturated rings. The lowest BCUT2D eigenvalue weighted by Gasteiger charge is -2.34. The minimum Gasteiger partial charge on any atom is -0.444 e. The fraction of sp³-hybridized carbons (Fsp3) is 0.375. The highest BCUT2D eigenvalue weighted by Gasteiger charge is 2.36. The van der Waals surface area contributed by atoms with Gasteiger partial charge in [0, 0.05) is 18.7 Å². The summed E-state index contributed by atoms with van der Waals surface area (Å²) in [4.78, 5) is 53.8. The molecule has 3 aromatic carbocycles. The van der Waals surface area contributed by atoms with Crippen LogP contribution < -0.4 is 16.4 Å². The Labute approximate surface area is 241 Å². The summed E-state index contributed by atoms with van der Waals surface area (Å²) in [6.07, 6.45) is -0.429. The summed E-state index contributed by atoms with van der Waals surface area (Å²) in [5.41, 5.74) is 6.78. The van der Waals surface area contributed by atoms with Gasteiger partial charge in [-0.25, -0.2) is 4.79 Å². The van der Waals surface area contributed by atoms with E-state index in [2.05, 4.69) is 10.6 Å². The van der Waals surface area contributed by atoms with Gasteiger partial charge >= 0.3 is 6.09 Å². The molecular weight excluding hydrogens is 520 g/mol. The number of fused-ring (bicyclic) bond motifs is 1. The van der Waals surface area contributed by atoms with E-state index in [0.29, 0.717) is 17.7 Å². The van der Waals surface area contributed by atoms with E-state index >= 15 is 0 Å². The first-order valence-corrected chi connectivity index (χ1v) is 13.8. The molecule has 0 heterocycles. The van der Waals surface area contributed by atoms with Crippen LogP contribution in [-0.2, 0) is 19.1 Å². The van der Waals surface area contributed by atoms with Crippen LogP contribution in [0.5, 0.6) is 0 Å². The van der Waals surface area contributed by atoms with E-state index in [9.17, 15) is 19.2 Å². The van der Waals surface area contributed by atoms with Crippen molar-refractivity contribution in [2.45, 2.75) is 71.6 Å². The molecule has 0 spiro atoms. The maximum atomic E-state index is 14.1. The number of carbonyl (C=O) groups is 4. The van der Waals surface area contributed by atoms with Crippen LogP contribution in [0.25, 0.3) is 10.8 Å². The molecule has 9 heteroatoms. The van der Waals surface area contributed by atoms with E-state index in [1.807, 2.05) is 80.6 Å². The molecule has 3 rings (SSSR count). The second kappa shape index (κ2) is 13.8. The Kier molecular flexibility index (Phi) is 10.5. The van der Waals surface area contributed by atoms with Crippen molar-refractivity contribution in [3.05, 3.63) is 77.9 Å². The Morgan fingerprint density at radius 3 is 2.22 bits per heavy atom. The zero-order valence-corrected chi connectivity index (χ0v) is 24.4. The molecule has 0 saturated carbocycles. The van der Waals surface area contributed by atoms with Gasteiger partial charge in [0.1, 0.15) is 17.7 Å². The highest BCUT2D eigenvalue weighted by molar-refractivity contribution is 6.00. The van der Waals surface area contributed by atoms with Gasteiger partial charge in [-0.05, 0) is 69.0 Å². The van der Waals surface area contributed by atoms with E-state index in [1.54, 1.807) is 20.8 Å². The molecule has 0 aromatic heterocycles. The lowest BCUT2D eigenvalue weighted by atomic mass is 10.00. The lowest BCUT2D eigenvalue weighted by molar-refractivity contribution is -0.141. The third-order valence-corrected chi connectivity index (χ3v) is 6.39. The predicted octanol–water partition coefficient (Wildman–Crippen LogP) is 5.23. The van der Waals surface area contributed by atoms with Crippen LogP contribution in [0.15, 0.2) is 66.7 Å². The first kappa shape index (κ1) is 31.1. The van der Waals surface area contributed by atoms with E-state index < -0.39 is 41.5 Å². The number of hydrogen-bond acceptors (Lipinski definition) is 5. The van der Waals surface area contributed by atoms with E-state index in [-0.39, 0.29) is 19.4 Å². The Balaban J connectivity index is 1.99. The largest absolute Gasteiger partial charge is 0.444 e. The number of ether oxygens (including phenoxy) is 1. The number of rotatable bonds is 11. The zero-order valence-electron chi connectivity index (χ0n) is 24.4. The van der Waals surface area contributed by atoms with Crippen molar-refractivity contribution in [3.8, 4) is 0 Å². The van der Waals surface area contributed by atoms with E-state index in [0.717, 1.165) is 16.3 Å². The monoisotopic (exact) mass is 560 g/mol. The first-order valence-electron chi connectivity index (χ1n) is 13.8. The Hall–Kier alpha value is -4.40. The molecule has 2 unspecified atom stereocenters. The van der Waals surface area contributed by atoms with E-state index in [1.165, 1.54) is 4.90 Å². The predicted molar refractivity (Wildman–Crippen MR) is 160 cm³/mol. The summed E-state index contributed by atoms with van der Waals surface area (Å²) < 4.78 is 5.37. The van der Waals surface area contributed by atoms with Gasteiger partial charge in [0.2, 0.25) is 11.8 Å². The Morgan fingerprint density at radius 2 is 1.61 bits per heavy atom. The normalized spacial score (nSPS) is 12.7. The molecular formula is C32H40N4O5. The highest BCUT2D eigenvalue weighted by atomic mass is 16.6. The molecule has 0 bridgehead atoms. The minimum atomic E-state index is -1.13. The average Bonchev–Trinajstić information content (AvgIpc) is 2.90. The molecule has 41 heavy (non-hydrogen) atoms. The van der Waals surface area contributed by atoms with Gasteiger partial charge in [-0.2, -0.15) is 0 Å². The first-order chi connectivity index (χ1) is 19.4. The van der Waals surface area contributed by atoms with Gasteiger partial charge in [0.25, 0.3) is 5.91 Å². The van der Waals surface area contributed by atoms with Crippen LogP contribution in [0, 0.1) is 6.92 Å². The molecule has 9 nitrogen and oxygen atoms in total. The van der Waals surface area contributed by atoms with Crippen LogP contribution >= 0.6 is 0 Å². The third-order valence-electron chi connectivity index (χ3n) is 6.39.